The van der Waals surface area contributed by atoms with Gasteiger partial charge in [0.25, 0.3) is 0 Å². The number of hydrogen-bond acceptors (Lipinski definition) is 2. The molecule has 0 saturated carbocycles. The van der Waals surface area contributed by atoms with Gasteiger partial charge in [0.1, 0.15) is 5.75 Å². The lowest BCUT2D eigenvalue weighted by Gasteiger charge is -2.11. The number of benzene rings is 2. The lowest BCUT2D eigenvalue weighted by Crippen LogP contribution is -1.91. The molecule has 0 bridgehead atoms. The molecule has 2 aromatic rings. The zero-order valence-electron chi connectivity index (χ0n) is 10.2. The third kappa shape index (κ3) is 3.27. The van der Waals surface area contributed by atoms with Crippen molar-refractivity contribution in [3.05, 3.63) is 51.0 Å². The fourth-order valence-corrected chi connectivity index (χ4v) is 2.51. The van der Waals surface area contributed by atoms with Crippen LogP contribution in [0.4, 0.5) is 5.69 Å². The van der Waals surface area contributed by atoms with Crippen LogP contribution in [-0.4, -0.2) is 0 Å². The molecule has 0 fully saturated rings. The fraction of sp³-hybridized carbons (Fsp3) is 0.143. The quantitative estimate of drug-likeness (QED) is 0.750. The van der Waals surface area contributed by atoms with Crippen LogP contribution in [0.3, 0.4) is 0 Å². The van der Waals surface area contributed by atoms with Crippen LogP contribution < -0.4 is 10.5 Å². The molecule has 2 N–H and O–H groups in total. The van der Waals surface area contributed by atoms with Crippen molar-refractivity contribution in [2.24, 2.45) is 0 Å². The largest absolute Gasteiger partial charge is 0.454 e. The molecule has 2 aromatic carbocycles. The molecule has 0 aliphatic rings. The van der Waals surface area contributed by atoms with Gasteiger partial charge in [0.05, 0.1) is 10.0 Å². The second kappa shape index (κ2) is 5.91. The Hall–Kier alpha value is -1.09. The van der Waals surface area contributed by atoms with Crippen molar-refractivity contribution in [1.29, 1.82) is 0 Å². The molecule has 100 valence electrons. The van der Waals surface area contributed by atoms with Gasteiger partial charge in [-0.15, -0.1) is 0 Å². The van der Waals surface area contributed by atoms with Crippen LogP contribution in [0.5, 0.6) is 11.5 Å². The summed E-state index contributed by atoms with van der Waals surface area (Å²) in [6.07, 6.45) is 0.819. The molecular weight excluding hydrogens is 305 g/mol. The van der Waals surface area contributed by atoms with E-state index in [0.717, 1.165) is 12.0 Å². The summed E-state index contributed by atoms with van der Waals surface area (Å²) in [6, 6.07) is 8.61. The molecule has 0 atom stereocenters. The predicted molar refractivity (Wildman–Crippen MR) is 81.8 cm³/mol. The van der Waals surface area contributed by atoms with E-state index in [4.69, 9.17) is 45.3 Å². The number of halogens is 3. The van der Waals surface area contributed by atoms with E-state index in [2.05, 4.69) is 0 Å². The van der Waals surface area contributed by atoms with Crippen LogP contribution in [0, 0.1) is 0 Å². The summed E-state index contributed by atoms with van der Waals surface area (Å²) in [5, 5.41) is 1.46. The fourth-order valence-electron chi connectivity index (χ4n) is 1.68. The van der Waals surface area contributed by atoms with Crippen molar-refractivity contribution in [2.45, 2.75) is 13.3 Å². The van der Waals surface area contributed by atoms with Crippen molar-refractivity contribution in [3.8, 4) is 11.5 Å². The first-order valence-corrected chi connectivity index (χ1v) is 6.85. The summed E-state index contributed by atoms with van der Waals surface area (Å²) in [7, 11) is 0. The Morgan fingerprint density at radius 2 is 1.63 bits per heavy atom. The number of nitrogen functional groups attached to an aromatic ring is 1. The van der Waals surface area contributed by atoms with E-state index in [-0.39, 0.29) is 0 Å². The second-order valence-electron chi connectivity index (χ2n) is 4.02. The Balaban J connectivity index is 2.36. The highest BCUT2D eigenvalue weighted by Gasteiger charge is 2.11. The molecule has 0 aromatic heterocycles. The van der Waals surface area contributed by atoms with Gasteiger partial charge < -0.3 is 10.5 Å². The molecule has 2 rings (SSSR count). The third-order valence-electron chi connectivity index (χ3n) is 2.64. The Morgan fingerprint density at radius 3 is 2.21 bits per heavy atom. The average Bonchev–Trinajstić information content (AvgIpc) is 2.35. The van der Waals surface area contributed by atoms with Crippen molar-refractivity contribution < 1.29 is 4.74 Å². The van der Waals surface area contributed by atoms with Gasteiger partial charge in [0.15, 0.2) is 5.75 Å². The monoisotopic (exact) mass is 315 g/mol. The van der Waals surface area contributed by atoms with E-state index >= 15 is 0 Å². The standard InChI is InChI=1S/C14H12Cl3NO/c1-2-8-5-10(3-4-11(8)15)19-14-12(16)6-9(18)7-13(14)17/h3-7H,2,18H2,1H3. The highest BCUT2D eigenvalue weighted by molar-refractivity contribution is 6.37. The van der Waals surface area contributed by atoms with E-state index in [1.165, 1.54) is 0 Å². The maximum atomic E-state index is 6.07. The van der Waals surface area contributed by atoms with Gasteiger partial charge in [-0.05, 0) is 42.3 Å². The van der Waals surface area contributed by atoms with E-state index in [0.29, 0.717) is 32.3 Å². The van der Waals surface area contributed by atoms with Gasteiger partial charge in [0.2, 0.25) is 0 Å². The Kier molecular flexibility index (Phi) is 4.46. The van der Waals surface area contributed by atoms with Gasteiger partial charge in [-0.25, -0.2) is 0 Å². The number of anilines is 1. The normalized spacial score (nSPS) is 10.5. The van der Waals surface area contributed by atoms with Crippen LogP contribution in [0.2, 0.25) is 15.1 Å². The van der Waals surface area contributed by atoms with Crippen molar-refractivity contribution in [1.82, 2.24) is 0 Å². The van der Waals surface area contributed by atoms with Gasteiger partial charge in [0, 0.05) is 10.7 Å². The Bertz CT molecular complexity index is 591. The molecular formula is C14H12Cl3NO. The van der Waals surface area contributed by atoms with Crippen LogP contribution >= 0.6 is 34.8 Å². The van der Waals surface area contributed by atoms with Crippen LogP contribution in [0.25, 0.3) is 0 Å². The lowest BCUT2D eigenvalue weighted by atomic mass is 10.1. The number of rotatable bonds is 3. The van der Waals surface area contributed by atoms with Gasteiger partial charge in [-0.1, -0.05) is 41.7 Å². The van der Waals surface area contributed by atoms with Crippen molar-refractivity contribution in [2.75, 3.05) is 5.73 Å². The summed E-state index contributed by atoms with van der Waals surface area (Å²) in [5.41, 5.74) is 7.14. The van der Waals surface area contributed by atoms with E-state index in [1.54, 1.807) is 24.3 Å². The Labute approximate surface area is 127 Å². The van der Waals surface area contributed by atoms with Gasteiger partial charge >= 0.3 is 0 Å². The zero-order valence-corrected chi connectivity index (χ0v) is 12.5. The maximum absolute atomic E-state index is 6.07. The van der Waals surface area contributed by atoms with E-state index in [1.807, 2.05) is 13.0 Å². The van der Waals surface area contributed by atoms with Crippen LogP contribution in [0.15, 0.2) is 30.3 Å². The van der Waals surface area contributed by atoms with Crippen LogP contribution in [-0.2, 0) is 6.42 Å². The number of nitrogens with two attached hydrogens (primary N) is 1. The minimum atomic E-state index is 0.373. The molecule has 0 aliphatic carbocycles. The van der Waals surface area contributed by atoms with Gasteiger partial charge in [-0.2, -0.15) is 0 Å². The summed E-state index contributed by atoms with van der Waals surface area (Å²) >= 11 is 18.2. The van der Waals surface area contributed by atoms with Gasteiger partial charge in [-0.3, -0.25) is 0 Å². The third-order valence-corrected chi connectivity index (χ3v) is 3.57. The Morgan fingerprint density at radius 1 is 1.00 bits per heavy atom. The molecule has 2 nitrogen and oxygen atoms in total. The maximum Gasteiger partial charge on any atom is 0.164 e. The average molecular weight is 317 g/mol. The SMILES string of the molecule is CCc1cc(Oc2c(Cl)cc(N)cc2Cl)ccc1Cl. The first-order valence-electron chi connectivity index (χ1n) is 5.72. The molecule has 0 radical (unpaired) electrons. The number of ether oxygens (including phenoxy) is 1. The van der Waals surface area contributed by atoms with Crippen molar-refractivity contribution >= 4 is 40.5 Å². The molecule has 5 heteroatoms. The molecule has 0 unspecified atom stereocenters. The topological polar surface area (TPSA) is 35.2 Å². The summed E-state index contributed by atoms with van der Waals surface area (Å²) in [4.78, 5) is 0. The predicted octanol–water partition coefficient (Wildman–Crippen LogP) is 5.58. The molecule has 0 aliphatic heterocycles. The molecule has 0 amide bonds. The molecule has 0 heterocycles. The first-order chi connectivity index (χ1) is 9.01. The summed E-state index contributed by atoms with van der Waals surface area (Å²) < 4.78 is 5.71. The number of aryl methyl sites for hydroxylation is 1. The van der Waals surface area contributed by atoms with E-state index in [9.17, 15) is 0 Å². The second-order valence-corrected chi connectivity index (χ2v) is 5.24. The number of hydrogen-bond donors (Lipinski definition) is 1. The lowest BCUT2D eigenvalue weighted by molar-refractivity contribution is 0.482. The van der Waals surface area contributed by atoms with Crippen LogP contribution in [0.1, 0.15) is 12.5 Å². The first kappa shape index (κ1) is 14.3. The molecule has 19 heavy (non-hydrogen) atoms. The van der Waals surface area contributed by atoms with E-state index < -0.39 is 0 Å². The van der Waals surface area contributed by atoms with Crippen molar-refractivity contribution in [3.63, 3.8) is 0 Å². The minimum Gasteiger partial charge on any atom is -0.454 e. The molecule has 0 spiro atoms. The molecule has 0 saturated heterocycles. The highest BCUT2D eigenvalue weighted by Crippen LogP contribution is 2.38. The highest BCUT2D eigenvalue weighted by atomic mass is 35.5. The summed E-state index contributed by atoms with van der Waals surface area (Å²) in [6.45, 7) is 2.02. The smallest absolute Gasteiger partial charge is 0.164 e. The summed E-state index contributed by atoms with van der Waals surface area (Å²) in [5.74, 6) is 1.02. The minimum absolute atomic E-state index is 0.373. The zero-order chi connectivity index (χ0) is 14.0.